The van der Waals surface area contributed by atoms with Crippen LogP contribution >= 0.6 is 11.8 Å². The molecule has 24 heavy (non-hydrogen) atoms. The quantitative estimate of drug-likeness (QED) is 0.423. The molecule has 0 amide bonds. The Morgan fingerprint density at radius 1 is 1.12 bits per heavy atom. The number of aryl methyl sites for hydroxylation is 1. The molecule has 0 saturated carbocycles. The van der Waals surface area contributed by atoms with Crippen LogP contribution in [0.5, 0.6) is 5.75 Å². The summed E-state index contributed by atoms with van der Waals surface area (Å²) in [4.78, 5) is 13.5. The van der Waals surface area contributed by atoms with Crippen LogP contribution in [0, 0.1) is 13.8 Å². The Labute approximate surface area is 147 Å². The Balaban J connectivity index is 2.40. The van der Waals surface area contributed by atoms with Gasteiger partial charge in [0, 0.05) is 17.8 Å². The Morgan fingerprint density at radius 3 is 2.46 bits per heavy atom. The standard InChI is InChI=1S/C19H22O4S/c1-13-10-15(11-24-16-8-6-5-7-9-16)17(19(20)22-4)18(14(13)2)23-12-21-3/h5-10H,11-12H2,1-4H3. The molecule has 0 unspecified atom stereocenters. The van der Waals surface area contributed by atoms with Gasteiger partial charge >= 0.3 is 5.97 Å². The van der Waals surface area contributed by atoms with Gasteiger partial charge in [0.2, 0.25) is 0 Å². The first-order valence-electron chi connectivity index (χ1n) is 7.59. The first-order chi connectivity index (χ1) is 11.6. The second-order valence-corrected chi connectivity index (χ2v) is 6.37. The summed E-state index contributed by atoms with van der Waals surface area (Å²) in [7, 11) is 2.93. The molecule has 0 aliphatic rings. The van der Waals surface area contributed by atoms with E-state index in [9.17, 15) is 4.79 Å². The summed E-state index contributed by atoms with van der Waals surface area (Å²) < 4.78 is 15.7. The molecule has 0 bridgehead atoms. The number of carbonyl (C=O) groups excluding carboxylic acids is 1. The van der Waals surface area contributed by atoms with Gasteiger partial charge in [-0.15, -0.1) is 11.8 Å². The molecule has 0 radical (unpaired) electrons. The van der Waals surface area contributed by atoms with Crippen LogP contribution in [0.1, 0.15) is 27.0 Å². The number of hydrogen-bond acceptors (Lipinski definition) is 5. The predicted octanol–water partition coefficient (Wildman–Crippen LogP) is 4.37. The molecular formula is C19H22O4S. The van der Waals surface area contributed by atoms with E-state index in [1.165, 1.54) is 7.11 Å². The second-order valence-electron chi connectivity index (χ2n) is 5.33. The molecule has 0 saturated heterocycles. The largest absolute Gasteiger partial charge is 0.466 e. The molecule has 2 aromatic carbocycles. The van der Waals surface area contributed by atoms with E-state index in [0.717, 1.165) is 21.6 Å². The van der Waals surface area contributed by atoms with E-state index in [1.54, 1.807) is 18.9 Å². The van der Waals surface area contributed by atoms with Crippen molar-refractivity contribution in [2.24, 2.45) is 0 Å². The molecule has 0 heterocycles. The fourth-order valence-corrected chi connectivity index (χ4v) is 3.27. The van der Waals surface area contributed by atoms with E-state index >= 15 is 0 Å². The number of esters is 1. The molecule has 128 valence electrons. The van der Waals surface area contributed by atoms with Gasteiger partial charge in [-0.05, 0) is 42.7 Å². The van der Waals surface area contributed by atoms with Gasteiger partial charge in [-0.25, -0.2) is 4.79 Å². The maximum Gasteiger partial charge on any atom is 0.341 e. The third kappa shape index (κ3) is 4.30. The minimum absolute atomic E-state index is 0.0829. The highest BCUT2D eigenvalue weighted by atomic mass is 32.2. The number of hydrogen-bond donors (Lipinski definition) is 0. The number of thioether (sulfide) groups is 1. The average molecular weight is 346 g/mol. The highest BCUT2D eigenvalue weighted by Gasteiger charge is 2.22. The number of benzene rings is 2. The topological polar surface area (TPSA) is 44.8 Å². The van der Waals surface area contributed by atoms with Gasteiger partial charge in [-0.2, -0.15) is 0 Å². The molecule has 5 heteroatoms. The summed E-state index contributed by atoms with van der Waals surface area (Å²) in [6, 6.07) is 12.1. The molecule has 0 aliphatic carbocycles. The van der Waals surface area contributed by atoms with Crippen LogP contribution in [0.3, 0.4) is 0 Å². The SMILES string of the molecule is COCOc1c(C)c(C)cc(CSc2ccccc2)c1C(=O)OC. The average Bonchev–Trinajstić information content (AvgIpc) is 2.61. The monoisotopic (exact) mass is 346 g/mol. The van der Waals surface area contributed by atoms with Crippen LogP contribution in [-0.2, 0) is 15.2 Å². The van der Waals surface area contributed by atoms with E-state index in [0.29, 0.717) is 17.1 Å². The zero-order valence-electron chi connectivity index (χ0n) is 14.4. The van der Waals surface area contributed by atoms with Gasteiger partial charge in [-0.1, -0.05) is 24.3 Å². The Morgan fingerprint density at radius 2 is 1.83 bits per heavy atom. The minimum atomic E-state index is -0.395. The van der Waals surface area contributed by atoms with Crippen LogP contribution in [-0.4, -0.2) is 27.0 Å². The van der Waals surface area contributed by atoms with Gasteiger partial charge < -0.3 is 14.2 Å². The van der Waals surface area contributed by atoms with Crippen molar-refractivity contribution in [2.75, 3.05) is 21.0 Å². The van der Waals surface area contributed by atoms with E-state index in [-0.39, 0.29) is 6.79 Å². The molecule has 2 rings (SSSR count). The van der Waals surface area contributed by atoms with Crippen LogP contribution in [0.2, 0.25) is 0 Å². The zero-order chi connectivity index (χ0) is 17.5. The van der Waals surface area contributed by atoms with E-state index in [1.807, 2.05) is 50.2 Å². The van der Waals surface area contributed by atoms with Gasteiger partial charge in [-0.3, -0.25) is 0 Å². The summed E-state index contributed by atoms with van der Waals surface area (Å²) in [5.41, 5.74) is 3.35. The molecule has 0 atom stereocenters. The van der Waals surface area contributed by atoms with Gasteiger partial charge in [0.1, 0.15) is 11.3 Å². The summed E-state index contributed by atoms with van der Waals surface area (Å²) >= 11 is 1.67. The van der Waals surface area contributed by atoms with Crippen molar-refractivity contribution in [1.82, 2.24) is 0 Å². The van der Waals surface area contributed by atoms with Crippen molar-refractivity contribution in [2.45, 2.75) is 24.5 Å². The van der Waals surface area contributed by atoms with Crippen molar-refractivity contribution in [3.8, 4) is 5.75 Å². The Kier molecular flexibility index (Phi) is 6.70. The highest BCUT2D eigenvalue weighted by molar-refractivity contribution is 7.98. The molecule has 0 fully saturated rings. The van der Waals surface area contributed by atoms with E-state index in [2.05, 4.69) is 0 Å². The number of rotatable bonds is 7. The van der Waals surface area contributed by atoms with Gasteiger partial charge in [0.25, 0.3) is 0 Å². The summed E-state index contributed by atoms with van der Waals surface area (Å²) in [6.07, 6.45) is 0. The van der Waals surface area contributed by atoms with Crippen LogP contribution in [0.4, 0.5) is 0 Å². The first-order valence-corrected chi connectivity index (χ1v) is 8.58. The maximum absolute atomic E-state index is 12.3. The number of ether oxygens (including phenoxy) is 3. The zero-order valence-corrected chi connectivity index (χ0v) is 15.2. The van der Waals surface area contributed by atoms with Gasteiger partial charge in [0.05, 0.1) is 7.11 Å². The van der Waals surface area contributed by atoms with Gasteiger partial charge in [0.15, 0.2) is 6.79 Å². The van der Waals surface area contributed by atoms with E-state index in [4.69, 9.17) is 14.2 Å². The normalized spacial score (nSPS) is 10.5. The summed E-state index contributed by atoms with van der Waals surface area (Å²) in [6.45, 7) is 4.02. The molecule has 2 aromatic rings. The summed E-state index contributed by atoms with van der Waals surface area (Å²) in [5, 5.41) is 0. The van der Waals surface area contributed by atoms with Crippen molar-refractivity contribution < 1.29 is 19.0 Å². The molecule has 0 spiro atoms. The fourth-order valence-electron chi connectivity index (χ4n) is 2.37. The summed E-state index contributed by atoms with van der Waals surface area (Å²) in [5.74, 6) is 0.791. The van der Waals surface area contributed by atoms with E-state index < -0.39 is 5.97 Å². The van der Waals surface area contributed by atoms with Crippen LogP contribution in [0.25, 0.3) is 0 Å². The Hall–Kier alpha value is -1.98. The van der Waals surface area contributed by atoms with Crippen molar-refractivity contribution in [3.05, 3.63) is 58.7 Å². The maximum atomic E-state index is 12.3. The van der Waals surface area contributed by atoms with Crippen LogP contribution < -0.4 is 4.74 Å². The van der Waals surface area contributed by atoms with Crippen molar-refractivity contribution in [3.63, 3.8) is 0 Å². The third-order valence-electron chi connectivity index (χ3n) is 3.72. The second kappa shape index (κ2) is 8.76. The number of methoxy groups -OCH3 is 2. The smallest absolute Gasteiger partial charge is 0.341 e. The highest BCUT2D eigenvalue weighted by Crippen LogP contribution is 2.34. The van der Waals surface area contributed by atoms with Crippen molar-refractivity contribution >= 4 is 17.7 Å². The molecule has 0 aliphatic heterocycles. The third-order valence-corrected chi connectivity index (χ3v) is 4.78. The van der Waals surface area contributed by atoms with Crippen molar-refractivity contribution in [1.29, 1.82) is 0 Å². The molecular weight excluding hydrogens is 324 g/mol. The minimum Gasteiger partial charge on any atom is -0.466 e. The lowest BCUT2D eigenvalue weighted by molar-refractivity contribution is 0.0459. The lowest BCUT2D eigenvalue weighted by Gasteiger charge is -2.18. The molecule has 0 N–H and O–H groups in total. The fraction of sp³-hybridized carbons (Fsp3) is 0.316. The predicted molar refractivity (Wildman–Crippen MR) is 95.8 cm³/mol. The Bertz CT molecular complexity index is 698. The molecule has 0 aromatic heterocycles. The number of carbonyl (C=O) groups is 1. The van der Waals surface area contributed by atoms with Crippen LogP contribution in [0.15, 0.2) is 41.3 Å². The first kappa shape index (κ1) is 18.4. The lowest BCUT2D eigenvalue weighted by atomic mass is 9.99. The lowest BCUT2D eigenvalue weighted by Crippen LogP contribution is -2.12. The molecule has 4 nitrogen and oxygen atoms in total.